The van der Waals surface area contributed by atoms with Crippen LogP contribution in [0.15, 0.2) is 117 Å². The minimum absolute atomic E-state index is 0. The Morgan fingerprint density at radius 1 is 0.410 bits per heavy atom. The second-order valence-corrected chi connectivity index (χ2v) is 40.0. The fraction of sp³-hybridized carbons (Fsp3) is 0.644. The third kappa shape index (κ3) is 36.8. The number of pyridine rings is 5. The fourth-order valence-corrected chi connectivity index (χ4v) is 16.3. The van der Waals surface area contributed by atoms with Crippen molar-refractivity contribution in [1.29, 1.82) is 0 Å². The van der Waals surface area contributed by atoms with Gasteiger partial charge in [-0.2, -0.15) is 0 Å². The van der Waals surface area contributed by atoms with Gasteiger partial charge in [0.2, 0.25) is 0 Å². The second-order valence-electron chi connectivity index (χ2n) is 40.0. The van der Waals surface area contributed by atoms with Gasteiger partial charge in [0.15, 0.2) is 0 Å². The molecule has 731 valence electrons. The number of methoxy groups -OCH3 is 2. The van der Waals surface area contributed by atoms with Crippen molar-refractivity contribution in [3.8, 4) is 28.7 Å². The summed E-state index contributed by atoms with van der Waals surface area (Å²) in [4.78, 5) is 109. The van der Waals surface area contributed by atoms with E-state index < -0.39 is 28.4 Å². The van der Waals surface area contributed by atoms with Crippen molar-refractivity contribution in [2.45, 2.75) is 287 Å². The number of nitrogens with zero attached hydrogens (tertiary/aromatic N) is 9. The Bertz CT molecular complexity index is 4570. The normalized spacial score (nSPS) is 23.8. The van der Waals surface area contributed by atoms with E-state index in [0.717, 1.165) is 150 Å². The first-order valence-corrected chi connectivity index (χ1v) is 47.4. The van der Waals surface area contributed by atoms with Crippen LogP contribution in [0.2, 0.25) is 0 Å². The van der Waals surface area contributed by atoms with Crippen molar-refractivity contribution in [2.24, 2.45) is 29.6 Å². The third-order valence-corrected chi connectivity index (χ3v) is 24.8. The largest absolute Gasteiger partial charge is 1.00 e. The van der Waals surface area contributed by atoms with E-state index >= 15 is 0 Å². The van der Waals surface area contributed by atoms with Gasteiger partial charge in [-0.05, 0) is 310 Å². The molecule has 0 spiro atoms. The van der Waals surface area contributed by atoms with Gasteiger partial charge in [-0.25, -0.2) is 28.8 Å². The molecular weight excluding hydrogens is 1710 g/mol. The summed E-state index contributed by atoms with van der Waals surface area (Å²) in [5, 5.41) is 30.1. The topological polar surface area (TPSA) is 371 Å². The molecule has 10 fully saturated rings. The number of hydrogen-bond acceptors (Lipinski definition) is 27. The van der Waals surface area contributed by atoms with Crippen LogP contribution in [0.4, 0.5) is 19.2 Å². The standard InChI is InChI=1S/C22H30N2O5.C21H32N2O4.C19H28N2O4.C19H26N2O4.C16H24N2O2.C4H6O2.B.Li.H/c1-22(2,3)29-21(26)24-9-8-17(24)14-28-18-10-16(12-23-13-18)19-11-15(19)6-5-7-20(25)27-4;1-21(2,3)27-20(25)23-8-7-17(23)14-26-18-10-16(12-22-13-18)19-11-15(19)6-4-5-9-24;2*1-19(2,3)25-18(23)21-6-4-15(21)12-24-16-8-14(10-20-11-16)17-9-13(17)5-7-22;19-6-2-1-3-12-8-16(12)13-7-15(10-17-9-13)20-11-14-4-5-18-14;1-3-4(5)6-2;;;/h5,7,10,12-13,15,17,19H,6,8-9,11,14H2,1-4H3;10,12-13,15,17,19,24H,4-9,11,14H2,1-3H3;8,10-11,13,15,17,22H,4-7,9,12H2,1-3H3;7-8,10-11,13,15,17H,4-6,9,12H2,1-3H3;7,9-10,12,14,16,18-19H,1-6,8,11H2;3H,1H2,2H3;;;/q;;;;;;;+1;-1/b7-5+;;;;;;;;/t2*15-,17-,19-;2*13-,15-,17-;12-,14-,16-;;;;/m00000..../s1. The van der Waals surface area contributed by atoms with E-state index in [2.05, 4.69) is 58.4 Å². The number of unbranched alkanes of at least 4 members (excludes halogenated alkanes) is 2. The second kappa shape index (κ2) is 52.7. The molecule has 0 aromatic carbocycles. The molecule has 5 aromatic heterocycles. The smallest absolute Gasteiger partial charge is 1.00 e. The Morgan fingerprint density at radius 3 is 0.933 bits per heavy atom. The number of esters is 2. The number of hydrogen-bond donors (Lipinski definition) is 4. The van der Waals surface area contributed by atoms with Crippen molar-refractivity contribution in [3.63, 3.8) is 0 Å². The molecule has 5 aliphatic heterocycles. The van der Waals surface area contributed by atoms with E-state index in [-0.39, 0.29) is 96.4 Å². The number of amides is 4. The molecule has 4 N–H and O–H groups in total. The van der Waals surface area contributed by atoms with Crippen LogP contribution >= 0.6 is 0 Å². The summed E-state index contributed by atoms with van der Waals surface area (Å²) in [6.45, 7) is 32.9. The Morgan fingerprint density at radius 2 is 0.694 bits per heavy atom. The van der Waals surface area contributed by atoms with Gasteiger partial charge in [0.05, 0.1) is 69.4 Å². The van der Waals surface area contributed by atoms with Gasteiger partial charge in [0.25, 0.3) is 0 Å². The fourth-order valence-electron chi connectivity index (χ4n) is 16.3. The van der Waals surface area contributed by atoms with E-state index in [1.54, 1.807) is 44.4 Å². The van der Waals surface area contributed by atoms with E-state index in [0.29, 0.717) is 130 Å². The Kier molecular flexibility index (Phi) is 43.1. The predicted molar refractivity (Wildman–Crippen MR) is 504 cm³/mol. The number of allylic oxidation sites excluding steroid dienone is 1. The molecule has 0 bridgehead atoms. The quantitative estimate of drug-likeness (QED) is 0.00722. The SMILES string of the molecule is C=CC(=O)OC.CC(C)(C)OC(=O)N1CC[C@H]1COc1cncc([C@H]2C[C@@H]2CC=O)c1.CC(C)(C)OC(=O)N1CC[C@H]1COc1cncc([C@H]2C[C@@H]2CCCCO)c1.CC(C)(C)OC(=O)N1CC[C@H]1COc1cncc([C@H]2C[C@@H]2CCO)c1.COC(=O)/C=C/C[C@H]1C[C@@H]1c1cncc(OC[C@@H]2CCN2C(=O)OC(C)(C)C)c1.OCCCC[C@H]1C[C@@H]1c1cncc(OC[C@@H]2CCN2)c1.[B].[H-].[Li+]. The number of rotatable bonds is 36. The van der Waals surface area contributed by atoms with Gasteiger partial charge in [-0.1, -0.05) is 25.5 Å². The van der Waals surface area contributed by atoms with E-state index in [1.165, 1.54) is 69.1 Å². The molecule has 15 atom stereocenters. The number of aldehydes is 1. The van der Waals surface area contributed by atoms with Crippen molar-refractivity contribution in [3.05, 3.63) is 145 Å². The Labute approximate surface area is 808 Å². The molecule has 5 aliphatic carbocycles. The molecule has 33 heteroatoms. The van der Waals surface area contributed by atoms with Crippen molar-refractivity contribution >= 4 is 51.0 Å². The van der Waals surface area contributed by atoms with Crippen LogP contribution in [0.25, 0.3) is 0 Å². The van der Waals surface area contributed by atoms with Crippen LogP contribution in [0.3, 0.4) is 0 Å². The van der Waals surface area contributed by atoms with Crippen LogP contribution < -0.4 is 47.9 Å². The predicted octanol–water partition coefficient (Wildman–Crippen LogP) is 12.7. The molecule has 5 saturated carbocycles. The number of carbonyl (C=O) groups excluding carboxylic acids is 7. The van der Waals surface area contributed by atoms with E-state index in [4.69, 9.17) is 58.0 Å². The molecule has 3 radical (unpaired) electrons. The number of ether oxygens (including phenoxy) is 11. The molecule has 15 rings (SSSR count). The first-order valence-electron chi connectivity index (χ1n) is 47.4. The zero-order valence-electron chi connectivity index (χ0n) is 82.8. The summed E-state index contributed by atoms with van der Waals surface area (Å²) < 4.78 is 59.8. The minimum Gasteiger partial charge on any atom is -1.00 e. The third-order valence-electron chi connectivity index (χ3n) is 24.8. The monoisotopic (exact) mass is 1850 g/mol. The summed E-state index contributed by atoms with van der Waals surface area (Å²) in [6.07, 6.45) is 41.8. The summed E-state index contributed by atoms with van der Waals surface area (Å²) in [5.41, 5.74) is 4.06. The average molecular weight is 1860 g/mol. The number of carbonyl (C=O) groups is 7. The molecule has 134 heavy (non-hydrogen) atoms. The van der Waals surface area contributed by atoms with Crippen LogP contribution in [0.5, 0.6) is 28.7 Å². The molecule has 5 saturated heterocycles. The van der Waals surface area contributed by atoms with Gasteiger partial charge >= 0.3 is 55.2 Å². The molecule has 4 amide bonds. The van der Waals surface area contributed by atoms with Gasteiger partial charge in [0, 0.05) is 110 Å². The van der Waals surface area contributed by atoms with Gasteiger partial charge in [0.1, 0.15) is 90.5 Å². The number of nitrogens with one attached hydrogen (secondary N) is 1. The maximum Gasteiger partial charge on any atom is 1.00 e. The van der Waals surface area contributed by atoms with E-state index in [9.17, 15) is 33.6 Å². The number of likely N-dealkylation sites (tertiary alicyclic amines) is 4. The average Bonchev–Trinajstić information content (AvgIpc) is 1.69. The number of aliphatic hydroxyl groups excluding tert-OH is 3. The first-order chi connectivity index (χ1) is 63.0. The number of aromatic nitrogens is 5. The molecule has 0 unspecified atom stereocenters. The van der Waals surface area contributed by atoms with E-state index in [1.807, 2.05) is 145 Å². The molecule has 10 heterocycles. The van der Waals surface area contributed by atoms with Gasteiger partial charge < -0.3 is 98.6 Å². The Hall–Kier alpha value is -9.58. The van der Waals surface area contributed by atoms with Crippen molar-refractivity contribution in [1.82, 2.24) is 49.8 Å². The molecular formula is C101H147BLiN10O21. The van der Waals surface area contributed by atoms with Crippen LogP contribution in [0.1, 0.15) is 264 Å². The summed E-state index contributed by atoms with van der Waals surface area (Å²) in [6, 6.07) is 11.0. The maximum absolute atomic E-state index is 12.2. The zero-order valence-corrected chi connectivity index (χ0v) is 81.8. The van der Waals surface area contributed by atoms with Crippen LogP contribution in [-0.4, -0.2) is 263 Å². The first kappa shape index (κ1) is 110. The molecule has 5 aromatic rings. The molecule has 10 aliphatic rings. The minimum atomic E-state index is -0.497. The zero-order chi connectivity index (χ0) is 95.3. The van der Waals surface area contributed by atoms with Gasteiger partial charge in [-0.3, -0.25) is 24.9 Å². The van der Waals surface area contributed by atoms with Crippen molar-refractivity contribution < 1.29 is 121 Å². The summed E-state index contributed by atoms with van der Waals surface area (Å²) >= 11 is 0. The van der Waals surface area contributed by atoms with Crippen LogP contribution in [-0.2, 0) is 42.8 Å². The summed E-state index contributed by atoms with van der Waals surface area (Å²) in [5.74, 6) is 8.73. The maximum atomic E-state index is 12.2. The van der Waals surface area contributed by atoms with Crippen LogP contribution in [0, 0.1) is 29.6 Å². The Balaban J connectivity index is 0.000000226. The van der Waals surface area contributed by atoms with Gasteiger partial charge in [-0.15, -0.1) is 0 Å². The number of aliphatic hydroxyl groups is 3. The van der Waals surface area contributed by atoms with Crippen molar-refractivity contribution in [2.75, 3.05) is 99.8 Å². The molecule has 31 nitrogen and oxygen atoms in total. The summed E-state index contributed by atoms with van der Waals surface area (Å²) in [7, 11) is 2.68.